The highest BCUT2D eigenvalue weighted by atomic mass is 16.4. The van der Waals surface area contributed by atoms with Crippen LogP contribution in [0.15, 0.2) is 0 Å². The van der Waals surface area contributed by atoms with Crippen molar-refractivity contribution in [2.75, 3.05) is 13.1 Å². The van der Waals surface area contributed by atoms with Crippen LogP contribution in [0, 0.1) is 39.9 Å². The first-order valence-corrected chi connectivity index (χ1v) is 15.1. The molecule has 2 aliphatic heterocycles. The van der Waals surface area contributed by atoms with E-state index in [2.05, 4.69) is 77.3 Å². The zero-order chi connectivity index (χ0) is 30.6. The Hall–Kier alpha value is -2.16. The lowest BCUT2D eigenvalue weighted by molar-refractivity contribution is -0.330. The van der Waals surface area contributed by atoms with Gasteiger partial charge in [0.1, 0.15) is 0 Å². The molecule has 226 valence electrons. The highest BCUT2D eigenvalue weighted by Crippen LogP contribution is 2.58. The number of nitriles is 2. The summed E-state index contributed by atoms with van der Waals surface area (Å²) in [7, 11) is 0. The fourth-order valence-corrected chi connectivity index (χ4v) is 8.76. The van der Waals surface area contributed by atoms with E-state index in [1.54, 1.807) is 0 Å². The molecule has 8 heteroatoms. The molecule has 0 saturated carbocycles. The second-order valence-electron chi connectivity index (χ2n) is 14.9. The molecule has 0 aromatic rings. The number of hydrogen-bond donors (Lipinski definition) is 0. The number of carboxylic acids is 2. The van der Waals surface area contributed by atoms with E-state index in [1.165, 1.54) is 0 Å². The van der Waals surface area contributed by atoms with Gasteiger partial charge in [0.05, 0.1) is 25.2 Å². The lowest BCUT2D eigenvalue weighted by atomic mass is 9.52. The Morgan fingerprint density at radius 1 is 0.700 bits per heavy atom. The van der Waals surface area contributed by atoms with Crippen molar-refractivity contribution in [2.24, 2.45) is 17.3 Å². The van der Waals surface area contributed by atoms with Crippen LogP contribution in [-0.4, -0.2) is 57.0 Å². The molecule has 2 fully saturated rings. The number of piperidine rings is 2. The van der Waals surface area contributed by atoms with E-state index in [4.69, 9.17) is 0 Å². The minimum atomic E-state index is -1.05. The molecule has 0 aliphatic carbocycles. The van der Waals surface area contributed by atoms with Gasteiger partial charge < -0.3 is 19.8 Å². The van der Waals surface area contributed by atoms with Crippen molar-refractivity contribution >= 4 is 11.9 Å². The Bertz CT molecular complexity index is 896. The quantitative estimate of drug-likeness (QED) is 0.247. The number of nitrogens with zero attached hydrogens (tertiary/aromatic N) is 4. The summed E-state index contributed by atoms with van der Waals surface area (Å²) < 4.78 is 0. The van der Waals surface area contributed by atoms with Crippen LogP contribution in [0.25, 0.3) is 0 Å². The summed E-state index contributed by atoms with van der Waals surface area (Å²) in [6, 6.07) is 4.63. The third-order valence-electron chi connectivity index (χ3n) is 10.2. The predicted molar refractivity (Wildman–Crippen MR) is 151 cm³/mol. The summed E-state index contributed by atoms with van der Waals surface area (Å²) in [6.45, 7) is 17.6. The van der Waals surface area contributed by atoms with Crippen LogP contribution in [0.2, 0.25) is 0 Å². The van der Waals surface area contributed by atoms with Gasteiger partial charge in [-0.25, -0.2) is 0 Å². The van der Waals surface area contributed by atoms with Gasteiger partial charge in [0.15, 0.2) is 0 Å². The Labute approximate surface area is 242 Å². The number of hydrogen-bond acceptors (Lipinski definition) is 8. The first-order chi connectivity index (χ1) is 18.4. The van der Waals surface area contributed by atoms with Crippen molar-refractivity contribution in [1.29, 1.82) is 10.5 Å². The van der Waals surface area contributed by atoms with Gasteiger partial charge in [-0.05, 0) is 112 Å². The number of rotatable bonds is 13. The van der Waals surface area contributed by atoms with Gasteiger partial charge in [0, 0.05) is 39.5 Å². The van der Waals surface area contributed by atoms with Gasteiger partial charge >= 0.3 is 0 Å². The summed E-state index contributed by atoms with van der Waals surface area (Å²) in [4.78, 5) is 28.8. The van der Waals surface area contributed by atoms with E-state index in [1.807, 2.05) is 0 Å². The second-order valence-corrected chi connectivity index (χ2v) is 14.9. The summed E-state index contributed by atoms with van der Waals surface area (Å²) >= 11 is 0. The fraction of sp³-hybridized carbons (Fsp3) is 0.875. The number of carbonyl (C=O) groups is 2. The predicted octanol–water partition coefficient (Wildman–Crippen LogP) is 3.79. The van der Waals surface area contributed by atoms with Gasteiger partial charge in [-0.1, -0.05) is 25.7 Å². The summed E-state index contributed by atoms with van der Waals surface area (Å²) in [6.07, 6.45) is 7.01. The van der Waals surface area contributed by atoms with Crippen LogP contribution >= 0.6 is 0 Å². The molecule has 2 heterocycles. The standard InChI is InChI=1S/C32H54N4O4/c1-28(2)20-24(21-29(3,4)35(28)18-16-33)32(27(39)40,15-13-11-9-10-12-14-26(37)38)25-22-30(5,6)36(19-17-34)31(7,8)23-25/h24-25H,9-15,18-23H2,1-8H3,(H,37,38)(H,39,40)/p-2. The van der Waals surface area contributed by atoms with Crippen LogP contribution in [0.3, 0.4) is 0 Å². The minimum Gasteiger partial charge on any atom is -0.550 e. The van der Waals surface area contributed by atoms with Gasteiger partial charge in [-0.15, -0.1) is 0 Å². The third-order valence-corrected chi connectivity index (χ3v) is 10.2. The maximum absolute atomic E-state index is 13.6. The number of aliphatic carboxylic acids is 2. The van der Waals surface area contributed by atoms with E-state index in [-0.39, 0.29) is 40.4 Å². The molecule has 0 radical (unpaired) electrons. The van der Waals surface area contributed by atoms with Crippen LogP contribution < -0.4 is 10.2 Å². The average Bonchev–Trinajstić information content (AvgIpc) is 2.79. The molecule has 0 bridgehead atoms. The molecule has 0 N–H and O–H groups in total. The van der Waals surface area contributed by atoms with Crippen LogP contribution in [-0.2, 0) is 9.59 Å². The van der Waals surface area contributed by atoms with Crippen molar-refractivity contribution in [3.63, 3.8) is 0 Å². The van der Waals surface area contributed by atoms with Crippen LogP contribution in [0.1, 0.15) is 126 Å². The SMILES string of the molecule is CC1(C)CC(C(CCCCCCCC(=O)[O-])(C(=O)[O-])C2CC(C)(C)N(CC#N)C(C)(C)C2)CC(C)(C)N1CC#N. The molecular formula is C32H52N4O4-2. The first-order valence-electron chi connectivity index (χ1n) is 15.1. The summed E-state index contributed by atoms with van der Waals surface area (Å²) in [5.74, 6) is -2.26. The van der Waals surface area contributed by atoms with Crippen molar-refractivity contribution < 1.29 is 19.8 Å². The summed E-state index contributed by atoms with van der Waals surface area (Å²) in [5.41, 5.74) is -2.49. The van der Waals surface area contributed by atoms with Gasteiger partial charge in [-0.2, -0.15) is 10.5 Å². The van der Waals surface area contributed by atoms with Gasteiger partial charge in [0.25, 0.3) is 0 Å². The lowest BCUT2D eigenvalue weighted by Gasteiger charge is -2.63. The molecule has 2 rings (SSSR count). The molecule has 0 aromatic carbocycles. The third kappa shape index (κ3) is 7.37. The van der Waals surface area contributed by atoms with Gasteiger partial charge in [0.2, 0.25) is 0 Å². The number of carboxylic acid groups (broad SMARTS) is 2. The minimum absolute atomic E-state index is 0.0554. The zero-order valence-corrected chi connectivity index (χ0v) is 26.3. The molecule has 40 heavy (non-hydrogen) atoms. The molecule has 8 nitrogen and oxygen atoms in total. The number of unbranched alkanes of at least 4 members (excludes halogenated alkanes) is 4. The van der Waals surface area contributed by atoms with E-state index < -0.39 is 17.4 Å². The van der Waals surface area contributed by atoms with E-state index >= 15 is 0 Å². The first kappa shape index (κ1) is 34.0. The molecule has 0 aromatic heterocycles. The largest absolute Gasteiger partial charge is 0.550 e. The van der Waals surface area contributed by atoms with E-state index in [9.17, 15) is 30.3 Å². The number of carbonyl (C=O) groups excluding carboxylic acids is 2. The molecular weight excluding hydrogens is 504 g/mol. The topological polar surface area (TPSA) is 134 Å². The van der Waals surface area contributed by atoms with Crippen molar-refractivity contribution in [3.05, 3.63) is 0 Å². The normalized spacial score (nSPS) is 23.2. The molecule has 2 saturated heterocycles. The van der Waals surface area contributed by atoms with Crippen molar-refractivity contribution in [1.82, 2.24) is 9.80 Å². The van der Waals surface area contributed by atoms with Crippen LogP contribution in [0.5, 0.6) is 0 Å². The smallest absolute Gasteiger partial charge is 0.0874 e. The Kier molecular flexibility index (Phi) is 10.9. The molecule has 2 aliphatic rings. The highest BCUT2D eigenvalue weighted by molar-refractivity contribution is 5.73. The molecule has 0 spiro atoms. The monoisotopic (exact) mass is 556 g/mol. The van der Waals surface area contributed by atoms with Crippen LogP contribution in [0.4, 0.5) is 0 Å². The second kappa shape index (κ2) is 12.8. The maximum atomic E-state index is 13.6. The average molecular weight is 557 g/mol. The summed E-state index contributed by atoms with van der Waals surface area (Å²) in [5, 5.41) is 43.5. The van der Waals surface area contributed by atoms with E-state index in [0.29, 0.717) is 51.6 Å². The molecule has 0 amide bonds. The van der Waals surface area contributed by atoms with E-state index in [0.717, 1.165) is 25.7 Å². The number of likely N-dealkylation sites (tertiary alicyclic amines) is 2. The Balaban J connectivity index is 2.50. The lowest BCUT2D eigenvalue weighted by Crippen LogP contribution is -2.68. The van der Waals surface area contributed by atoms with Gasteiger partial charge in [-0.3, -0.25) is 9.80 Å². The Morgan fingerprint density at radius 2 is 1.05 bits per heavy atom. The fourth-order valence-electron chi connectivity index (χ4n) is 8.76. The zero-order valence-electron chi connectivity index (χ0n) is 26.3. The maximum Gasteiger partial charge on any atom is 0.0874 e. The van der Waals surface area contributed by atoms with Crippen molar-refractivity contribution in [2.45, 2.75) is 148 Å². The highest BCUT2D eigenvalue weighted by Gasteiger charge is 2.58. The Morgan fingerprint density at radius 3 is 1.38 bits per heavy atom. The van der Waals surface area contributed by atoms with Crippen molar-refractivity contribution in [3.8, 4) is 12.1 Å². The molecule has 0 atom stereocenters. The molecule has 0 unspecified atom stereocenters.